The second-order valence-corrected chi connectivity index (χ2v) is 8.48. The molecule has 2 heterocycles. The summed E-state index contributed by atoms with van der Waals surface area (Å²) >= 11 is 0. The number of aliphatic hydroxyl groups is 1. The first kappa shape index (κ1) is 24.6. The number of morpholine rings is 1. The van der Waals surface area contributed by atoms with E-state index in [1.165, 1.54) is 29.2 Å². The van der Waals surface area contributed by atoms with E-state index in [9.17, 15) is 19.1 Å². The van der Waals surface area contributed by atoms with Gasteiger partial charge in [0.25, 0.3) is 11.7 Å². The predicted molar refractivity (Wildman–Crippen MR) is 129 cm³/mol. The topological polar surface area (TPSA) is 79.3 Å². The minimum atomic E-state index is -0.794. The molecular formula is C27H29FN2O5. The van der Waals surface area contributed by atoms with E-state index >= 15 is 0 Å². The lowest BCUT2D eigenvalue weighted by Crippen LogP contribution is -2.38. The van der Waals surface area contributed by atoms with E-state index in [0.717, 1.165) is 19.6 Å². The highest BCUT2D eigenvalue weighted by Crippen LogP contribution is 2.40. The quantitative estimate of drug-likeness (QED) is 0.256. The zero-order chi connectivity index (χ0) is 24.8. The molecule has 0 bridgehead atoms. The molecule has 0 aliphatic carbocycles. The molecule has 0 spiro atoms. The van der Waals surface area contributed by atoms with Gasteiger partial charge in [-0.05, 0) is 48.4 Å². The zero-order valence-electron chi connectivity index (χ0n) is 19.5. The van der Waals surface area contributed by atoms with E-state index in [1.807, 2.05) is 0 Å². The van der Waals surface area contributed by atoms with Crippen molar-refractivity contribution < 1.29 is 28.6 Å². The number of carbonyl (C=O) groups is 2. The molecule has 0 radical (unpaired) electrons. The number of Topliss-reactive ketones (excluding diaryl/α,β-unsaturated/α-hetero) is 1. The van der Waals surface area contributed by atoms with Crippen LogP contribution in [-0.4, -0.2) is 72.6 Å². The number of likely N-dealkylation sites (tertiary alicyclic amines) is 1. The number of amides is 1. The average Bonchev–Trinajstić information content (AvgIpc) is 3.13. The number of carbonyl (C=O) groups excluding carboxylic acids is 2. The maximum absolute atomic E-state index is 13.4. The summed E-state index contributed by atoms with van der Waals surface area (Å²) in [4.78, 5) is 30.0. The summed E-state index contributed by atoms with van der Waals surface area (Å²) in [5.41, 5.74) is 0.886. The van der Waals surface area contributed by atoms with Crippen molar-refractivity contribution in [1.82, 2.24) is 9.80 Å². The number of nitrogens with zero attached hydrogens (tertiary/aromatic N) is 2. The first-order chi connectivity index (χ1) is 17.0. The summed E-state index contributed by atoms with van der Waals surface area (Å²) in [7, 11) is 0. The highest BCUT2D eigenvalue weighted by atomic mass is 19.1. The Bertz CT molecular complexity index is 1110. The Balaban J connectivity index is 1.68. The Morgan fingerprint density at radius 2 is 1.89 bits per heavy atom. The minimum absolute atomic E-state index is 0.0196. The molecule has 7 nitrogen and oxygen atoms in total. The predicted octanol–water partition coefficient (Wildman–Crippen LogP) is 3.53. The number of hydrogen-bond acceptors (Lipinski definition) is 6. The Kier molecular flexibility index (Phi) is 7.94. The molecule has 1 unspecified atom stereocenters. The Labute approximate surface area is 204 Å². The lowest BCUT2D eigenvalue weighted by Gasteiger charge is -2.29. The molecule has 35 heavy (non-hydrogen) atoms. The summed E-state index contributed by atoms with van der Waals surface area (Å²) in [6, 6.07) is 11.5. The van der Waals surface area contributed by atoms with Gasteiger partial charge in [-0.1, -0.05) is 24.8 Å². The maximum Gasteiger partial charge on any atom is 0.295 e. The number of aliphatic hydroxyl groups excluding tert-OH is 1. The van der Waals surface area contributed by atoms with Crippen LogP contribution in [0, 0.1) is 5.82 Å². The molecule has 2 aromatic rings. The van der Waals surface area contributed by atoms with E-state index in [4.69, 9.17) is 9.47 Å². The molecule has 2 saturated heterocycles. The van der Waals surface area contributed by atoms with Gasteiger partial charge in [0, 0.05) is 31.7 Å². The summed E-state index contributed by atoms with van der Waals surface area (Å²) in [6.07, 6.45) is 2.28. The van der Waals surface area contributed by atoms with Crippen molar-refractivity contribution in [3.63, 3.8) is 0 Å². The van der Waals surface area contributed by atoms with Crippen LogP contribution in [0.1, 0.15) is 23.6 Å². The van der Waals surface area contributed by atoms with Gasteiger partial charge >= 0.3 is 0 Å². The molecule has 4 rings (SSSR count). The maximum atomic E-state index is 13.4. The zero-order valence-corrected chi connectivity index (χ0v) is 19.5. The van der Waals surface area contributed by atoms with Crippen molar-refractivity contribution in [2.45, 2.75) is 12.5 Å². The number of rotatable bonds is 9. The normalized spacial score (nSPS) is 20.3. The first-order valence-electron chi connectivity index (χ1n) is 11.7. The third-order valence-electron chi connectivity index (χ3n) is 6.18. The number of hydrogen-bond donors (Lipinski definition) is 1. The lowest BCUT2D eigenvalue weighted by atomic mass is 9.95. The van der Waals surface area contributed by atoms with Crippen molar-refractivity contribution in [1.29, 1.82) is 0 Å². The van der Waals surface area contributed by atoms with Gasteiger partial charge in [0.2, 0.25) is 0 Å². The molecule has 0 saturated carbocycles. The molecule has 184 valence electrons. The highest BCUT2D eigenvalue weighted by Gasteiger charge is 2.46. The van der Waals surface area contributed by atoms with E-state index in [0.29, 0.717) is 44.1 Å². The molecule has 1 atom stereocenters. The van der Waals surface area contributed by atoms with Crippen LogP contribution in [0.25, 0.3) is 5.76 Å². The van der Waals surface area contributed by atoms with E-state index in [1.54, 1.807) is 30.3 Å². The van der Waals surface area contributed by atoms with E-state index < -0.39 is 23.5 Å². The number of ether oxygens (including phenoxy) is 2. The van der Waals surface area contributed by atoms with Crippen LogP contribution < -0.4 is 4.74 Å². The Morgan fingerprint density at radius 1 is 1.14 bits per heavy atom. The fraction of sp³-hybridized carbons (Fsp3) is 0.333. The molecular weight excluding hydrogens is 451 g/mol. The van der Waals surface area contributed by atoms with Crippen LogP contribution in [0.3, 0.4) is 0 Å². The van der Waals surface area contributed by atoms with Crippen LogP contribution >= 0.6 is 0 Å². The minimum Gasteiger partial charge on any atom is -0.507 e. The summed E-state index contributed by atoms with van der Waals surface area (Å²) in [6.45, 7) is 8.08. The molecule has 2 aromatic carbocycles. The van der Waals surface area contributed by atoms with Crippen LogP contribution in [0.2, 0.25) is 0 Å². The largest absolute Gasteiger partial charge is 0.507 e. The average molecular weight is 481 g/mol. The van der Waals surface area contributed by atoms with Gasteiger partial charge in [0.05, 0.1) is 24.8 Å². The Hall–Kier alpha value is -3.49. The number of ketones is 1. The number of halogens is 1. The third-order valence-corrected chi connectivity index (χ3v) is 6.18. The van der Waals surface area contributed by atoms with Gasteiger partial charge in [-0.3, -0.25) is 14.5 Å². The summed E-state index contributed by atoms with van der Waals surface area (Å²) in [5, 5.41) is 11.1. The smallest absolute Gasteiger partial charge is 0.295 e. The highest BCUT2D eigenvalue weighted by molar-refractivity contribution is 6.46. The Morgan fingerprint density at radius 3 is 2.60 bits per heavy atom. The van der Waals surface area contributed by atoms with Gasteiger partial charge in [0.1, 0.15) is 23.9 Å². The van der Waals surface area contributed by atoms with Gasteiger partial charge in [-0.25, -0.2) is 4.39 Å². The molecule has 1 amide bonds. The summed E-state index contributed by atoms with van der Waals surface area (Å²) in [5.74, 6) is -1.67. The number of benzene rings is 2. The molecule has 2 aliphatic heterocycles. The van der Waals surface area contributed by atoms with E-state index in [-0.39, 0.29) is 16.9 Å². The standard InChI is InChI=1S/C27H29FN2O5/c1-2-15-35-22-6-3-5-20(18-22)24-23(25(31)19-7-9-21(28)10-8-19)26(32)27(33)30(24)12-4-11-29-13-16-34-17-14-29/h2-3,5-10,18,24,31H,1,4,11-17H2/b25-23+. The van der Waals surface area contributed by atoms with Crippen LogP contribution in [0.5, 0.6) is 5.75 Å². The third kappa shape index (κ3) is 5.61. The van der Waals surface area contributed by atoms with Crippen LogP contribution in [-0.2, 0) is 14.3 Å². The van der Waals surface area contributed by atoms with Gasteiger partial charge < -0.3 is 19.5 Å². The second kappa shape index (κ2) is 11.3. The van der Waals surface area contributed by atoms with Gasteiger partial charge in [0.15, 0.2) is 0 Å². The fourth-order valence-corrected chi connectivity index (χ4v) is 4.44. The van der Waals surface area contributed by atoms with Crippen LogP contribution in [0.4, 0.5) is 4.39 Å². The SMILES string of the molecule is C=CCOc1cccc(C2/C(=C(\O)c3ccc(F)cc3)C(=O)C(=O)N2CCCN2CCOCC2)c1. The van der Waals surface area contributed by atoms with Crippen molar-refractivity contribution in [2.24, 2.45) is 0 Å². The molecule has 1 N–H and O–H groups in total. The van der Waals surface area contributed by atoms with Crippen LogP contribution in [0.15, 0.2) is 66.8 Å². The first-order valence-corrected chi connectivity index (χ1v) is 11.7. The van der Waals surface area contributed by atoms with Gasteiger partial charge in [-0.2, -0.15) is 0 Å². The molecule has 2 fully saturated rings. The van der Waals surface area contributed by atoms with Crippen molar-refractivity contribution in [3.05, 3.63) is 83.7 Å². The monoisotopic (exact) mass is 480 g/mol. The second-order valence-electron chi connectivity index (χ2n) is 8.48. The van der Waals surface area contributed by atoms with E-state index in [2.05, 4.69) is 11.5 Å². The fourth-order valence-electron chi connectivity index (χ4n) is 4.44. The molecule has 0 aromatic heterocycles. The van der Waals surface area contributed by atoms with Crippen molar-refractivity contribution >= 4 is 17.4 Å². The van der Waals surface area contributed by atoms with Gasteiger partial charge in [-0.15, -0.1) is 0 Å². The van der Waals surface area contributed by atoms with Crippen molar-refractivity contribution in [3.8, 4) is 5.75 Å². The summed E-state index contributed by atoms with van der Waals surface area (Å²) < 4.78 is 24.5. The molecule has 8 heteroatoms. The molecule has 2 aliphatic rings. The van der Waals surface area contributed by atoms with Crippen molar-refractivity contribution in [2.75, 3.05) is 46.0 Å². The lowest BCUT2D eigenvalue weighted by molar-refractivity contribution is -0.140.